The molecule has 6 N–H and O–H groups in total. The van der Waals surface area contributed by atoms with E-state index in [0.717, 1.165) is 19.3 Å². The van der Waals surface area contributed by atoms with Crippen LogP contribution in [-0.4, -0.2) is 86.8 Å². The molecule has 0 aromatic rings. The summed E-state index contributed by atoms with van der Waals surface area (Å²) in [5.74, 6) is 0. The molecule has 0 radical (unpaired) electrons. The first-order valence-corrected chi connectivity index (χ1v) is 17.6. The van der Waals surface area contributed by atoms with Gasteiger partial charge in [-0.05, 0) is 26.2 Å². The number of ether oxygens (including phenoxy) is 2. The van der Waals surface area contributed by atoms with Crippen molar-refractivity contribution < 1.29 is 40.1 Å². The van der Waals surface area contributed by atoms with Crippen molar-refractivity contribution in [1.82, 2.24) is 0 Å². The Morgan fingerprint density at radius 1 is 0.524 bits per heavy atom. The van der Waals surface area contributed by atoms with Crippen LogP contribution in [0, 0.1) is 0 Å². The topological polar surface area (TPSA) is 140 Å². The lowest BCUT2D eigenvalue weighted by Crippen LogP contribution is -2.59. The number of aliphatic hydroxyl groups is 6. The van der Waals surface area contributed by atoms with Gasteiger partial charge < -0.3 is 40.1 Å². The van der Waals surface area contributed by atoms with Crippen molar-refractivity contribution in [3.8, 4) is 0 Å². The molecule has 1 saturated heterocycles. The molecule has 0 aromatic heterocycles. The highest BCUT2D eigenvalue weighted by atomic mass is 16.7. The van der Waals surface area contributed by atoms with Crippen molar-refractivity contribution >= 4 is 0 Å². The molecule has 0 bridgehead atoms. The number of unbranched alkanes of at least 4 members (excludes halogenated alkanes) is 20. The summed E-state index contributed by atoms with van der Waals surface area (Å²) in [6, 6.07) is 0. The van der Waals surface area contributed by atoms with Gasteiger partial charge in [-0.15, -0.1) is 0 Å². The van der Waals surface area contributed by atoms with Gasteiger partial charge in [-0.3, -0.25) is 0 Å². The highest BCUT2D eigenvalue weighted by Crippen LogP contribution is 2.22. The Kier molecular flexibility index (Phi) is 25.6. The van der Waals surface area contributed by atoms with Gasteiger partial charge in [-0.25, -0.2) is 0 Å². The van der Waals surface area contributed by atoms with Crippen LogP contribution in [0.25, 0.3) is 0 Å². The summed E-state index contributed by atoms with van der Waals surface area (Å²) in [6.45, 7) is 1.56. The maximum atomic E-state index is 10.2. The molecule has 8 nitrogen and oxygen atoms in total. The molecule has 0 spiro atoms. The molecule has 1 aliphatic rings. The SMILES string of the molecule is CC(O)CCCCCCCCCCCCCCCCCCCCCCCC(O)CCO[C@@H]1O[C@H](CO)[C@H](O)[C@H](O)[C@H]1O. The van der Waals surface area contributed by atoms with E-state index in [1.165, 1.54) is 122 Å². The third-order valence-electron chi connectivity index (χ3n) is 8.74. The molecule has 0 amide bonds. The van der Waals surface area contributed by atoms with Crippen LogP contribution in [0.15, 0.2) is 0 Å². The molecular formula is C34H68O8. The molecule has 1 aliphatic heterocycles. The van der Waals surface area contributed by atoms with Gasteiger partial charge in [0.25, 0.3) is 0 Å². The predicted molar refractivity (Wildman–Crippen MR) is 168 cm³/mol. The van der Waals surface area contributed by atoms with E-state index >= 15 is 0 Å². The molecule has 1 rings (SSSR count). The first-order chi connectivity index (χ1) is 20.4. The zero-order chi connectivity index (χ0) is 30.8. The Morgan fingerprint density at radius 2 is 0.905 bits per heavy atom. The molecular weight excluding hydrogens is 536 g/mol. The van der Waals surface area contributed by atoms with E-state index in [4.69, 9.17) is 9.47 Å². The smallest absolute Gasteiger partial charge is 0.186 e. The second kappa shape index (κ2) is 27.0. The molecule has 1 heterocycles. The molecule has 8 heteroatoms. The molecule has 1 fully saturated rings. The van der Waals surface area contributed by atoms with Crippen molar-refractivity contribution in [2.24, 2.45) is 0 Å². The largest absolute Gasteiger partial charge is 0.394 e. The van der Waals surface area contributed by atoms with Crippen LogP contribution < -0.4 is 0 Å². The van der Waals surface area contributed by atoms with E-state index in [-0.39, 0.29) is 12.7 Å². The predicted octanol–water partition coefficient (Wildman–Crippen LogP) is 5.91. The van der Waals surface area contributed by atoms with Crippen LogP contribution in [0.4, 0.5) is 0 Å². The van der Waals surface area contributed by atoms with Gasteiger partial charge in [0.1, 0.15) is 24.4 Å². The second-order valence-corrected chi connectivity index (χ2v) is 12.9. The number of aliphatic hydroxyl groups excluding tert-OH is 6. The molecule has 42 heavy (non-hydrogen) atoms. The van der Waals surface area contributed by atoms with Crippen molar-refractivity contribution in [3.63, 3.8) is 0 Å². The van der Waals surface area contributed by atoms with Gasteiger partial charge in [0.2, 0.25) is 0 Å². The highest BCUT2D eigenvalue weighted by molar-refractivity contribution is 4.88. The molecule has 0 aliphatic carbocycles. The third-order valence-corrected chi connectivity index (χ3v) is 8.74. The lowest BCUT2D eigenvalue weighted by molar-refractivity contribution is -0.301. The monoisotopic (exact) mass is 604 g/mol. The summed E-state index contributed by atoms with van der Waals surface area (Å²) >= 11 is 0. The maximum absolute atomic E-state index is 10.2. The Morgan fingerprint density at radius 3 is 1.29 bits per heavy atom. The van der Waals surface area contributed by atoms with Crippen molar-refractivity contribution in [1.29, 1.82) is 0 Å². The Hall–Kier alpha value is -0.320. The van der Waals surface area contributed by atoms with Gasteiger partial charge >= 0.3 is 0 Å². The number of hydrogen-bond donors (Lipinski definition) is 6. The fourth-order valence-electron chi connectivity index (χ4n) is 5.85. The zero-order valence-corrected chi connectivity index (χ0v) is 26.9. The van der Waals surface area contributed by atoms with Crippen LogP contribution >= 0.6 is 0 Å². The van der Waals surface area contributed by atoms with Crippen LogP contribution in [0.2, 0.25) is 0 Å². The van der Waals surface area contributed by atoms with Gasteiger partial charge in [0.05, 0.1) is 25.4 Å². The minimum atomic E-state index is -1.44. The van der Waals surface area contributed by atoms with E-state index in [2.05, 4.69) is 0 Å². The van der Waals surface area contributed by atoms with Gasteiger partial charge in [-0.1, -0.05) is 135 Å². The standard InChI is InChI=1S/C34H68O8/c1-28(36)23-21-19-17-15-13-11-9-7-5-3-2-4-6-8-10-12-14-16-18-20-22-24-29(37)25-26-41-34-33(40)32(39)31(38)30(27-35)42-34/h28-40H,2-27H2,1H3/t28?,29?,30-,31+,32+,33-,34-/m1/s1. The summed E-state index contributed by atoms with van der Waals surface area (Å²) in [5.41, 5.74) is 0. The number of rotatable bonds is 29. The summed E-state index contributed by atoms with van der Waals surface area (Å²) in [7, 11) is 0. The minimum Gasteiger partial charge on any atom is -0.394 e. The fraction of sp³-hybridized carbons (Fsp3) is 1.00. The van der Waals surface area contributed by atoms with E-state index in [1.54, 1.807) is 0 Å². The first kappa shape index (κ1) is 39.7. The average molecular weight is 605 g/mol. The summed E-state index contributed by atoms with van der Waals surface area (Å²) < 4.78 is 10.8. The lowest BCUT2D eigenvalue weighted by Gasteiger charge is -2.39. The molecule has 0 aromatic carbocycles. The fourth-order valence-corrected chi connectivity index (χ4v) is 5.85. The molecule has 0 saturated carbocycles. The van der Waals surface area contributed by atoms with Crippen molar-refractivity contribution in [3.05, 3.63) is 0 Å². The van der Waals surface area contributed by atoms with Crippen LogP contribution in [-0.2, 0) is 9.47 Å². The van der Waals surface area contributed by atoms with E-state index < -0.39 is 43.4 Å². The quantitative estimate of drug-likeness (QED) is 0.0580. The van der Waals surface area contributed by atoms with Gasteiger partial charge in [0.15, 0.2) is 6.29 Å². The summed E-state index contributed by atoms with van der Waals surface area (Å²) in [5, 5.41) is 58.3. The third kappa shape index (κ3) is 20.6. The average Bonchev–Trinajstić information content (AvgIpc) is 2.97. The van der Waals surface area contributed by atoms with Crippen molar-refractivity contribution in [2.75, 3.05) is 13.2 Å². The van der Waals surface area contributed by atoms with Crippen LogP contribution in [0.1, 0.15) is 161 Å². The van der Waals surface area contributed by atoms with Crippen molar-refractivity contribution in [2.45, 2.75) is 204 Å². The highest BCUT2D eigenvalue weighted by Gasteiger charge is 2.43. The maximum Gasteiger partial charge on any atom is 0.186 e. The minimum absolute atomic E-state index is 0.131. The van der Waals surface area contributed by atoms with Gasteiger partial charge in [-0.2, -0.15) is 0 Å². The Labute approximate surface area is 257 Å². The summed E-state index contributed by atoms with van der Waals surface area (Å²) in [4.78, 5) is 0. The Balaban J connectivity index is 1.78. The summed E-state index contributed by atoms with van der Waals surface area (Å²) in [6.07, 6.45) is 22.7. The first-order valence-electron chi connectivity index (χ1n) is 17.6. The Bertz CT molecular complexity index is 576. The lowest BCUT2D eigenvalue weighted by atomic mass is 9.99. The molecule has 7 atom stereocenters. The van der Waals surface area contributed by atoms with Crippen LogP contribution in [0.5, 0.6) is 0 Å². The van der Waals surface area contributed by atoms with Gasteiger partial charge in [0, 0.05) is 0 Å². The number of hydrogen-bond acceptors (Lipinski definition) is 8. The van der Waals surface area contributed by atoms with E-state index in [0.29, 0.717) is 12.8 Å². The zero-order valence-electron chi connectivity index (χ0n) is 26.9. The van der Waals surface area contributed by atoms with E-state index in [1.807, 2.05) is 6.92 Å². The molecule has 252 valence electrons. The van der Waals surface area contributed by atoms with Crippen LogP contribution in [0.3, 0.4) is 0 Å². The normalized spacial score (nSPS) is 24.2. The van der Waals surface area contributed by atoms with E-state index in [9.17, 15) is 30.6 Å². The molecule has 2 unspecified atom stereocenters. The second-order valence-electron chi connectivity index (χ2n) is 12.9.